The van der Waals surface area contributed by atoms with Crippen molar-refractivity contribution in [3.8, 4) is 11.5 Å². The lowest BCUT2D eigenvalue weighted by Gasteiger charge is -2.30. The van der Waals surface area contributed by atoms with E-state index in [0.717, 1.165) is 25.2 Å². The predicted molar refractivity (Wildman–Crippen MR) is 141 cm³/mol. The molecular weight excluding hydrogens is 464 g/mol. The van der Waals surface area contributed by atoms with Gasteiger partial charge in [0.1, 0.15) is 16.4 Å². The highest BCUT2D eigenvalue weighted by Crippen LogP contribution is 2.31. The van der Waals surface area contributed by atoms with E-state index in [-0.39, 0.29) is 35.1 Å². The molecule has 35 heavy (non-hydrogen) atoms. The molecule has 7 nitrogen and oxygen atoms in total. The molecule has 0 spiro atoms. The first-order valence-corrected chi connectivity index (χ1v) is 13.7. The second-order valence-electron chi connectivity index (χ2n) is 9.05. The number of benzene rings is 2. The molecule has 0 saturated carbocycles. The maximum Gasteiger partial charge on any atom is 0.339 e. The number of carbonyl (C=O) groups excluding carboxylic acids is 1. The first-order chi connectivity index (χ1) is 16.6. The summed E-state index contributed by atoms with van der Waals surface area (Å²) in [5.41, 5.74) is 1.51. The molecule has 0 bridgehead atoms. The topological polar surface area (TPSA) is 76.2 Å². The average Bonchev–Trinajstić information content (AvgIpc) is 2.83. The van der Waals surface area contributed by atoms with Gasteiger partial charge in [0.2, 0.25) is 5.91 Å². The maximum absolute atomic E-state index is 13.2. The summed E-state index contributed by atoms with van der Waals surface area (Å²) < 4.78 is 37.2. The Bertz CT molecular complexity index is 1060. The van der Waals surface area contributed by atoms with Crippen LogP contribution >= 0.6 is 0 Å². The fourth-order valence-electron chi connectivity index (χ4n) is 3.81. The highest BCUT2D eigenvalue weighted by molar-refractivity contribution is 7.87. The minimum absolute atomic E-state index is 0.00903. The van der Waals surface area contributed by atoms with Crippen LogP contribution in [0.4, 0.5) is 5.69 Å². The summed E-state index contributed by atoms with van der Waals surface area (Å²) in [5.74, 6) is 1.06. The van der Waals surface area contributed by atoms with E-state index in [4.69, 9.17) is 8.92 Å². The molecule has 0 aliphatic heterocycles. The molecule has 1 amide bonds. The normalized spacial score (nSPS) is 12.3. The van der Waals surface area contributed by atoms with Crippen molar-refractivity contribution in [2.24, 2.45) is 5.92 Å². The van der Waals surface area contributed by atoms with Crippen LogP contribution in [0.5, 0.6) is 11.5 Å². The second kappa shape index (κ2) is 12.8. The van der Waals surface area contributed by atoms with Crippen LogP contribution in [0.25, 0.3) is 0 Å². The Kier molecular flexibility index (Phi) is 10.4. The Labute approximate surface area is 211 Å². The molecule has 0 aromatic heterocycles. The minimum atomic E-state index is -4.10. The number of nitrogens with zero attached hydrogens (tertiary/aromatic N) is 2. The van der Waals surface area contributed by atoms with Crippen LogP contribution in [0.2, 0.25) is 0 Å². The summed E-state index contributed by atoms with van der Waals surface area (Å²) in [6.45, 7) is 14.0. The number of hydrogen-bond donors (Lipinski definition) is 0. The Morgan fingerprint density at radius 3 is 2.11 bits per heavy atom. The molecule has 0 heterocycles. The SMILES string of the molecule is CCC(C)N(Cc1ccc(N(CC)CC)cc1OS(=O)(=O)c1ccc(OC)cc1)C(=O)CC(C)C. The molecule has 0 aliphatic rings. The number of anilines is 1. The van der Waals surface area contributed by atoms with Crippen molar-refractivity contribution in [2.45, 2.75) is 71.9 Å². The summed E-state index contributed by atoms with van der Waals surface area (Å²) in [6.07, 6.45) is 1.23. The Morgan fingerprint density at radius 1 is 0.971 bits per heavy atom. The fourth-order valence-corrected chi connectivity index (χ4v) is 4.76. The van der Waals surface area contributed by atoms with Crippen LogP contribution in [-0.4, -0.2) is 45.5 Å². The number of rotatable bonds is 13. The summed E-state index contributed by atoms with van der Waals surface area (Å²) in [6, 6.07) is 11.7. The number of amides is 1. The predicted octanol–water partition coefficient (Wildman–Crippen LogP) is 5.48. The van der Waals surface area contributed by atoms with Gasteiger partial charge in [-0.3, -0.25) is 4.79 Å². The number of carbonyl (C=O) groups is 1. The zero-order valence-electron chi connectivity index (χ0n) is 22.1. The van der Waals surface area contributed by atoms with Gasteiger partial charge in [-0.2, -0.15) is 8.42 Å². The molecule has 194 valence electrons. The van der Waals surface area contributed by atoms with Gasteiger partial charge in [0, 0.05) is 49.4 Å². The zero-order chi connectivity index (χ0) is 26.2. The lowest BCUT2D eigenvalue weighted by atomic mass is 10.1. The van der Waals surface area contributed by atoms with Crippen LogP contribution in [0.15, 0.2) is 47.4 Å². The highest BCUT2D eigenvalue weighted by Gasteiger charge is 2.25. The van der Waals surface area contributed by atoms with Gasteiger partial charge in [-0.15, -0.1) is 0 Å². The van der Waals surface area contributed by atoms with Crippen molar-refractivity contribution in [2.75, 3.05) is 25.1 Å². The minimum Gasteiger partial charge on any atom is -0.497 e. The Balaban J connectivity index is 2.51. The molecule has 0 N–H and O–H groups in total. The van der Waals surface area contributed by atoms with Gasteiger partial charge < -0.3 is 18.7 Å². The molecule has 0 radical (unpaired) electrons. The van der Waals surface area contributed by atoms with E-state index in [1.165, 1.54) is 19.2 Å². The molecule has 1 atom stereocenters. The van der Waals surface area contributed by atoms with E-state index in [2.05, 4.69) is 4.90 Å². The van der Waals surface area contributed by atoms with Crippen LogP contribution < -0.4 is 13.8 Å². The molecule has 2 aromatic rings. The lowest BCUT2D eigenvalue weighted by Crippen LogP contribution is -2.38. The van der Waals surface area contributed by atoms with Gasteiger partial charge in [0.25, 0.3) is 0 Å². The number of methoxy groups -OCH3 is 1. The van der Waals surface area contributed by atoms with Crippen molar-refractivity contribution in [3.05, 3.63) is 48.0 Å². The van der Waals surface area contributed by atoms with E-state index in [0.29, 0.717) is 17.7 Å². The van der Waals surface area contributed by atoms with Crippen LogP contribution in [0.3, 0.4) is 0 Å². The Morgan fingerprint density at radius 2 is 1.60 bits per heavy atom. The maximum atomic E-state index is 13.2. The molecule has 8 heteroatoms. The van der Waals surface area contributed by atoms with E-state index >= 15 is 0 Å². The number of ether oxygens (including phenoxy) is 1. The molecule has 0 aliphatic carbocycles. The first-order valence-electron chi connectivity index (χ1n) is 12.3. The fraction of sp³-hybridized carbons (Fsp3) is 0.519. The van der Waals surface area contributed by atoms with Gasteiger partial charge in [0.05, 0.1) is 7.11 Å². The summed E-state index contributed by atoms with van der Waals surface area (Å²) in [5, 5.41) is 0. The van der Waals surface area contributed by atoms with Crippen molar-refractivity contribution in [3.63, 3.8) is 0 Å². The van der Waals surface area contributed by atoms with E-state index < -0.39 is 10.1 Å². The van der Waals surface area contributed by atoms with Gasteiger partial charge in [0.15, 0.2) is 0 Å². The lowest BCUT2D eigenvalue weighted by molar-refractivity contribution is -0.134. The van der Waals surface area contributed by atoms with E-state index in [9.17, 15) is 13.2 Å². The third-order valence-electron chi connectivity index (χ3n) is 6.09. The van der Waals surface area contributed by atoms with Crippen molar-refractivity contribution in [1.82, 2.24) is 4.90 Å². The van der Waals surface area contributed by atoms with Crippen LogP contribution in [-0.2, 0) is 21.5 Å². The van der Waals surface area contributed by atoms with Gasteiger partial charge in [-0.05, 0) is 63.4 Å². The van der Waals surface area contributed by atoms with Crippen molar-refractivity contribution in [1.29, 1.82) is 0 Å². The molecule has 2 aromatic carbocycles. The molecule has 2 rings (SSSR count). The van der Waals surface area contributed by atoms with E-state index in [1.807, 2.05) is 58.6 Å². The smallest absolute Gasteiger partial charge is 0.339 e. The summed E-state index contributed by atoms with van der Waals surface area (Å²) in [4.78, 5) is 17.0. The number of hydrogen-bond acceptors (Lipinski definition) is 6. The standard InChI is InChI=1S/C27H40N2O5S/c1-8-21(6)29(27(30)17-20(4)5)19-22-11-12-23(28(9-2)10-3)18-26(22)34-35(31,32)25-15-13-24(33-7)14-16-25/h11-16,18,20-21H,8-10,17,19H2,1-7H3. The molecule has 0 fully saturated rings. The quantitative estimate of drug-likeness (QED) is 0.336. The monoisotopic (exact) mass is 504 g/mol. The molecular formula is C27H40N2O5S. The first kappa shape index (κ1) is 28.5. The Hall–Kier alpha value is -2.74. The third kappa shape index (κ3) is 7.62. The largest absolute Gasteiger partial charge is 0.497 e. The molecule has 1 unspecified atom stereocenters. The third-order valence-corrected chi connectivity index (χ3v) is 7.34. The zero-order valence-corrected chi connectivity index (χ0v) is 22.9. The summed E-state index contributed by atoms with van der Waals surface area (Å²) >= 11 is 0. The summed E-state index contributed by atoms with van der Waals surface area (Å²) in [7, 11) is -2.57. The van der Waals surface area contributed by atoms with E-state index in [1.54, 1.807) is 18.2 Å². The van der Waals surface area contributed by atoms with Gasteiger partial charge >= 0.3 is 10.1 Å². The van der Waals surface area contributed by atoms with Crippen LogP contribution in [0, 0.1) is 5.92 Å². The highest BCUT2D eigenvalue weighted by atomic mass is 32.2. The second-order valence-corrected chi connectivity index (χ2v) is 10.6. The molecule has 0 saturated heterocycles. The van der Waals surface area contributed by atoms with Gasteiger partial charge in [-0.1, -0.05) is 26.8 Å². The van der Waals surface area contributed by atoms with Crippen molar-refractivity contribution >= 4 is 21.7 Å². The van der Waals surface area contributed by atoms with Crippen LogP contribution in [0.1, 0.15) is 59.9 Å². The average molecular weight is 505 g/mol. The van der Waals surface area contributed by atoms with Gasteiger partial charge in [-0.25, -0.2) is 0 Å². The van der Waals surface area contributed by atoms with Crippen molar-refractivity contribution < 1.29 is 22.1 Å².